The highest BCUT2D eigenvalue weighted by Gasteiger charge is 2.28. The van der Waals surface area contributed by atoms with Crippen molar-refractivity contribution < 1.29 is 9.59 Å². The predicted octanol–water partition coefficient (Wildman–Crippen LogP) is 2.42. The molecule has 19 heavy (non-hydrogen) atoms. The largest absolute Gasteiger partial charge is 0.357 e. The van der Waals surface area contributed by atoms with Gasteiger partial charge in [-0.2, -0.15) is 0 Å². The van der Waals surface area contributed by atoms with Gasteiger partial charge in [-0.25, -0.2) is 0 Å². The fourth-order valence-electron chi connectivity index (χ4n) is 2.86. The van der Waals surface area contributed by atoms with Crippen LogP contribution >= 0.6 is 0 Å². The zero-order valence-corrected chi connectivity index (χ0v) is 10.6. The number of para-hydroxylation sites is 1. The van der Waals surface area contributed by atoms with Crippen molar-refractivity contribution in [2.45, 2.75) is 25.3 Å². The van der Waals surface area contributed by atoms with Crippen LogP contribution in [-0.4, -0.2) is 28.6 Å². The number of amides is 1. The molecule has 1 unspecified atom stereocenters. The number of aromatic nitrogens is 1. The van der Waals surface area contributed by atoms with Gasteiger partial charge in [0, 0.05) is 17.8 Å². The Bertz CT molecular complexity index is 584. The van der Waals surface area contributed by atoms with Crippen LogP contribution in [0.15, 0.2) is 30.3 Å². The number of benzene rings is 1. The average molecular weight is 256 g/mol. The molecule has 1 N–H and O–H groups in total. The van der Waals surface area contributed by atoms with Gasteiger partial charge in [-0.05, 0) is 36.8 Å². The maximum absolute atomic E-state index is 11.7. The van der Waals surface area contributed by atoms with Crippen molar-refractivity contribution in [2.75, 3.05) is 6.54 Å². The Morgan fingerprint density at radius 1 is 1.32 bits per heavy atom. The molecule has 0 radical (unpaired) electrons. The number of aromatic amines is 1. The summed E-state index contributed by atoms with van der Waals surface area (Å²) in [5.74, 6) is -0.414. The fourth-order valence-corrected chi connectivity index (χ4v) is 2.86. The van der Waals surface area contributed by atoms with Crippen LogP contribution in [0, 0.1) is 0 Å². The molecule has 0 spiro atoms. The van der Waals surface area contributed by atoms with Gasteiger partial charge in [0.25, 0.3) is 5.91 Å². The minimum atomic E-state index is -0.414. The van der Waals surface area contributed by atoms with Crippen LogP contribution in [0.4, 0.5) is 0 Å². The Morgan fingerprint density at radius 3 is 2.95 bits per heavy atom. The standard InChI is InChI=1S/C15H16N2O2/c18-10-15(19)17-8-4-3-7-14(17)13-9-11-5-1-2-6-12(11)16-13/h1-2,5-6,9-10,14,16H,3-4,7-8H2. The third-order valence-corrected chi connectivity index (χ3v) is 3.80. The van der Waals surface area contributed by atoms with Gasteiger partial charge in [-0.1, -0.05) is 18.2 Å². The molecule has 1 fully saturated rings. The molecule has 1 aromatic heterocycles. The first-order valence-electron chi connectivity index (χ1n) is 6.63. The number of hydrogen-bond acceptors (Lipinski definition) is 2. The van der Waals surface area contributed by atoms with E-state index in [1.54, 1.807) is 4.90 Å². The SMILES string of the molecule is O=CC(=O)N1CCCCC1c1cc2ccccc2[nH]1. The number of aldehydes is 1. The monoisotopic (exact) mass is 256 g/mol. The first-order valence-corrected chi connectivity index (χ1v) is 6.63. The summed E-state index contributed by atoms with van der Waals surface area (Å²) in [6.45, 7) is 0.664. The molecule has 98 valence electrons. The number of likely N-dealkylation sites (tertiary alicyclic amines) is 1. The molecule has 1 aliphatic heterocycles. The molecule has 4 heteroatoms. The summed E-state index contributed by atoms with van der Waals surface area (Å²) in [6, 6.07) is 10.1. The molecule has 1 saturated heterocycles. The minimum absolute atomic E-state index is 0.00106. The number of hydrogen-bond donors (Lipinski definition) is 1. The average Bonchev–Trinajstić information content (AvgIpc) is 2.90. The summed E-state index contributed by atoms with van der Waals surface area (Å²) in [5, 5.41) is 1.14. The van der Waals surface area contributed by atoms with Crippen molar-refractivity contribution in [1.29, 1.82) is 0 Å². The number of carbonyl (C=O) groups is 2. The van der Waals surface area contributed by atoms with E-state index in [0.717, 1.165) is 35.9 Å². The highest BCUT2D eigenvalue weighted by molar-refractivity contribution is 6.23. The Labute approximate surface area is 111 Å². The van der Waals surface area contributed by atoms with Gasteiger partial charge in [-0.15, -0.1) is 0 Å². The van der Waals surface area contributed by atoms with Gasteiger partial charge in [-0.3, -0.25) is 9.59 Å². The summed E-state index contributed by atoms with van der Waals surface area (Å²) in [7, 11) is 0. The first-order chi connectivity index (χ1) is 9.29. The summed E-state index contributed by atoms with van der Waals surface area (Å²) < 4.78 is 0. The lowest BCUT2D eigenvalue weighted by atomic mass is 9.99. The Kier molecular flexibility index (Phi) is 3.07. The number of rotatable bonds is 2. The number of H-pyrrole nitrogens is 1. The zero-order chi connectivity index (χ0) is 13.2. The van der Waals surface area contributed by atoms with Crippen molar-refractivity contribution in [3.05, 3.63) is 36.0 Å². The van der Waals surface area contributed by atoms with Gasteiger partial charge < -0.3 is 9.88 Å². The van der Waals surface area contributed by atoms with Crippen LogP contribution in [0.2, 0.25) is 0 Å². The van der Waals surface area contributed by atoms with E-state index in [4.69, 9.17) is 0 Å². The summed E-state index contributed by atoms with van der Waals surface area (Å²) in [4.78, 5) is 27.5. The van der Waals surface area contributed by atoms with Crippen molar-refractivity contribution >= 4 is 23.1 Å². The summed E-state index contributed by atoms with van der Waals surface area (Å²) in [5.41, 5.74) is 2.10. The van der Waals surface area contributed by atoms with E-state index in [0.29, 0.717) is 12.8 Å². The van der Waals surface area contributed by atoms with Crippen molar-refractivity contribution in [3.8, 4) is 0 Å². The molecule has 1 aliphatic rings. The Morgan fingerprint density at radius 2 is 2.16 bits per heavy atom. The molecule has 3 rings (SSSR count). The molecule has 1 amide bonds. The third kappa shape index (κ3) is 2.14. The number of carbonyl (C=O) groups excluding carboxylic acids is 2. The van der Waals surface area contributed by atoms with E-state index in [1.165, 1.54) is 0 Å². The molecular formula is C15H16N2O2. The van der Waals surface area contributed by atoms with Crippen LogP contribution < -0.4 is 0 Å². The Hall–Kier alpha value is -2.10. The van der Waals surface area contributed by atoms with E-state index in [-0.39, 0.29) is 6.04 Å². The van der Waals surface area contributed by atoms with Gasteiger partial charge in [0.05, 0.1) is 6.04 Å². The second-order valence-electron chi connectivity index (χ2n) is 4.97. The van der Waals surface area contributed by atoms with Crippen molar-refractivity contribution in [1.82, 2.24) is 9.88 Å². The van der Waals surface area contributed by atoms with Crippen molar-refractivity contribution in [2.24, 2.45) is 0 Å². The maximum Gasteiger partial charge on any atom is 0.287 e. The number of fused-ring (bicyclic) bond motifs is 1. The van der Waals surface area contributed by atoms with Crippen LogP contribution in [0.3, 0.4) is 0 Å². The second kappa shape index (κ2) is 4.88. The zero-order valence-electron chi connectivity index (χ0n) is 10.6. The van der Waals surface area contributed by atoms with E-state index >= 15 is 0 Å². The van der Waals surface area contributed by atoms with Crippen LogP contribution in [0.25, 0.3) is 10.9 Å². The number of nitrogens with zero attached hydrogens (tertiary/aromatic N) is 1. The molecule has 2 heterocycles. The molecule has 4 nitrogen and oxygen atoms in total. The van der Waals surface area contributed by atoms with Gasteiger partial charge >= 0.3 is 0 Å². The van der Waals surface area contributed by atoms with E-state index < -0.39 is 5.91 Å². The normalized spacial score (nSPS) is 19.6. The van der Waals surface area contributed by atoms with Crippen LogP contribution in [0.1, 0.15) is 31.0 Å². The van der Waals surface area contributed by atoms with Gasteiger partial charge in [0.2, 0.25) is 6.29 Å². The summed E-state index contributed by atoms with van der Waals surface area (Å²) in [6.07, 6.45) is 3.38. The van der Waals surface area contributed by atoms with E-state index in [1.807, 2.05) is 24.3 Å². The highest BCUT2D eigenvalue weighted by Crippen LogP contribution is 2.32. The van der Waals surface area contributed by atoms with Crippen LogP contribution in [0.5, 0.6) is 0 Å². The molecule has 1 atom stereocenters. The van der Waals surface area contributed by atoms with E-state index in [2.05, 4.69) is 11.1 Å². The predicted molar refractivity (Wildman–Crippen MR) is 72.7 cm³/mol. The Balaban J connectivity index is 1.97. The lowest BCUT2D eigenvalue weighted by Crippen LogP contribution is -2.39. The molecule has 0 aliphatic carbocycles. The van der Waals surface area contributed by atoms with Gasteiger partial charge in [0.15, 0.2) is 0 Å². The third-order valence-electron chi connectivity index (χ3n) is 3.80. The minimum Gasteiger partial charge on any atom is -0.357 e. The number of piperidine rings is 1. The smallest absolute Gasteiger partial charge is 0.287 e. The topological polar surface area (TPSA) is 53.2 Å². The second-order valence-corrected chi connectivity index (χ2v) is 4.97. The quantitative estimate of drug-likeness (QED) is 0.662. The van der Waals surface area contributed by atoms with Gasteiger partial charge in [0.1, 0.15) is 0 Å². The maximum atomic E-state index is 11.7. The summed E-state index contributed by atoms with van der Waals surface area (Å²) >= 11 is 0. The fraction of sp³-hybridized carbons (Fsp3) is 0.333. The van der Waals surface area contributed by atoms with E-state index in [9.17, 15) is 9.59 Å². The molecule has 2 aromatic rings. The molecule has 1 aromatic carbocycles. The molecule has 0 saturated carbocycles. The van der Waals surface area contributed by atoms with Crippen molar-refractivity contribution in [3.63, 3.8) is 0 Å². The molecule has 0 bridgehead atoms. The lowest BCUT2D eigenvalue weighted by molar-refractivity contribution is -0.141. The number of nitrogens with one attached hydrogen (secondary N) is 1. The molecular weight excluding hydrogens is 240 g/mol. The lowest BCUT2D eigenvalue weighted by Gasteiger charge is -2.33. The highest BCUT2D eigenvalue weighted by atomic mass is 16.2. The van der Waals surface area contributed by atoms with Crippen LogP contribution in [-0.2, 0) is 9.59 Å². The first kappa shape index (κ1) is 12.0.